The van der Waals surface area contributed by atoms with E-state index in [1.54, 1.807) is 18.3 Å². The molecular formula is C20H21N5O3. The number of carbonyl (C=O) groups excluding carboxylic acids is 1. The monoisotopic (exact) mass is 379 g/mol. The fraction of sp³-hybridized carbons (Fsp3) is 0.200. The van der Waals surface area contributed by atoms with Gasteiger partial charge in [-0.1, -0.05) is 17.7 Å². The predicted octanol–water partition coefficient (Wildman–Crippen LogP) is 2.88. The zero-order valence-corrected chi connectivity index (χ0v) is 15.7. The molecule has 0 aliphatic heterocycles. The number of hydrogen-bond donors (Lipinski definition) is 1. The Labute approximate surface area is 162 Å². The van der Waals surface area contributed by atoms with E-state index in [1.807, 2.05) is 44.2 Å². The number of nitrogens with one attached hydrogen (secondary N) is 1. The third kappa shape index (κ3) is 5.41. The molecule has 0 unspecified atom stereocenters. The molecule has 0 saturated heterocycles. The Hall–Kier alpha value is -3.68. The van der Waals surface area contributed by atoms with Crippen LogP contribution in [0.15, 0.2) is 60.2 Å². The summed E-state index contributed by atoms with van der Waals surface area (Å²) in [4.78, 5) is 12.1. The van der Waals surface area contributed by atoms with Crippen LogP contribution < -0.4 is 14.8 Å². The average Bonchev–Trinajstić information content (AvgIpc) is 3.21. The molecule has 3 rings (SSSR count). The van der Waals surface area contributed by atoms with Gasteiger partial charge >= 0.3 is 0 Å². The number of benzene rings is 2. The van der Waals surface area contributed by atoms with Crippen molar-refractivity contribution < 1.29 is 14.3 Å². The van der Waals surface area contributed by atoms with Crippen molar-refractivity contribution in [2.75, 3.05) is 18.5 Å². The number of anilines is 1. The second-order valence-corrected chi connectivity index (χ2v) is 5.93. The highest BCUT2D eigenvalue weighted by Crippen LogP contribution is 2.28. The van der Waals surface area contributed by atoms with Crippen LogP contribution in [0.4, 0.5) is 5.69 Å². The Morgan fingerprint density at radius 1 is 1.11 bits per heavy atom. The lowest BCUT2D eigenvalue weighted by Gasteiger charge is -2.12. The number of hydrogen-bond acceptors (Lipinski definition) is 6. The summed E-state index contributed by atoms with van der Waals surface area (Å²) in [6.45, 7) is 4.22. The molecule has 1 amide bonds. The molecule has 0 radical (unpaired) electrons. The minimum Gasteiger partial charge on any atom is -0.490 e. The second-order valence-electron chi connectivity index (χ2n) is 5.93. The minimum atomic E-state index is -0.246. The summed E-state index contributed by atoms with van der Waals surface area (Å²) < 4.78 is 12.8. The zero-order valence-electron chi connectivity index (χ0n) is 15.7. The highest BCUT2D eigenvalue weighted by molar-refractivity contribution is 5.92. The minimum absolute atomic E-state index is 0.123. The topological polar surface area (TPSA) is 90.6 Å². The number of rotatable bonds is 8. The first-order chi connectivity index (χ1) is 13.6. The molecule has 28 heavy (non-hydrogen) atoms. The van der Waals surface area contributed by atoms with Crippen LogP contribution in [-0.4, -0.2) is 40.2 Å². The van der Waals surface area contributed by atoms with Gasteiger partial charge in [0.15, 0.2) is 18.1 Å². The number of aromatic nitrogens is 3. The van der Waals surface area contributed by atoms with Gasteiger partial charge in [0.05, 0.1) is 12.8 Å². The van der Waals surface area contributed by atoms with Crippen LogP contribution in [0.5, 0.6) is 11.5 Å². The van der Waals surface area contributed by atoms with Crippen LogP contribution in [0.2, 0.25) is 0 Å². The van der Waals surface area contributed by atoms with Gasteiger partial charge in [-0.05, 0) is 49.7 Å². The number of aryl methyl sites for hydroxylation is 1. The number of carbonyl (C=O) groups is 1. The molecule has 0 bridgehead atoms. The first-order valence-corrected chi connectivity index (χ1v) is 8.79. The molecule has 1 heterocycles. The van der Waals surface area contributed by atoms with Gasteiger partial charge in [-0.25, -0.2) is 4.68 Å². The van der Waals surface area contributed by atoms with E-state index in [1.165, 1.54) is 17.3 Å². The van der Waals surface area contributed by atoms with Crippen molar-refractivity contribution in [2.45, 2.75) is 13.8 Å². The molecule has 0 spiro atoms. The Bertz CT molecular complexity index is 937. The first kappa shape index (κ1) is 19.1. The molecule has 1 N–H and O–H groups in total. The average molecular weight is 379 g/mol. The maximum atomic E-state index is 12.1. The van der Waals surface area contributed by atoms with E-state index >= 15 is 0 Å². The van der Waals surface area contributed by atoms with Crippen molar-refractivity contribution >= 4 is 17.8 Å². The van der Waals surface area contributed by atoms with Gasteiger partial charge in [0, 0.05) is 5.69 Å². The van der Waals surface area contributed by atoms with Gasteiger partial charge in [-0.3, -0.25) is 4.79 Å². The summed E-state index contributed by atoms with van der Waals surface area (Å²) in [5.41, 5.74) is 2.67. The molecule has 0 aliphatic rings. The molecule has 0 fully saturated rings. The number of amides is 1. The SMILES string of the molecule is CCOc1cc(/C=N\n2cnnc2)ccc1OCC(=O)Nc1ccc(C)cc1. The lowest BCUT2D eigenvalue weighted by Crippen LogP contribution is -2.20. The lowest BCUT2D eigenvalue weighted by atomic mass is 10.2. The van der Waals surface area contributed by atoms with Crippen LogP contribution in [0.1, 0.15) is 18.1 Å². The maximum absolute atomic E-state index is 12.1. The van der Waals surface area contributed by atoms with Gasteiger partial charge in [0.1, 0.15) is 12.7 Å². The normalized spacial score (nSPS) is 10.8. The van der Waals surface area contributed by atoms with Gasteiger partial charge in [0.2, 0.25) is 0 Å². The summed E-state index contributed by atoms with van der Waals surface area (Å²) in [5.74, 6) is 0.783. The van der Waals surface area contributed by atoms with E-state index in [0.717, 1.165) is 16.8 Å². The van der Waals surface area contributed by atoms with E-state index in [2.05, 4.69) is 20.6 Å². The maximum Gasteiger partial charge on any atom is 0.262 e. The van der Waals surface area contributed by atoms with Crippen LogP contribution >= 0.6 is 0 Å². The summed E-state index contributed by atoms with van der Waals surface area (Å²) in [5, 5.41) is 14.4. The van der Waals surface area contributed by atoms with Crippen molar-refractivity contribution in [2.24, 2.45) is 5.10 Å². The molecule has 3 aromatic rings. The van der Waals surface area contributed by atoms with Crippen molar-refractivity contribution in [3.05, 3.63) is 66.2 Å². The second kappa shape index (κ2) is 9.31. The van der Waals surface area contributed by atoms with Crippen LogP contribution in [0.25, 0.3) is 0 Å². The van der Waals surface area contributed by atoms with E-state index in [9.17, 15) is 4.79 Å². The molecule has 1 aromatic heterocycles. The third-order valence-corrected chi connectivity index (χ3v) is 3.71. The van der Waals surface area contributed by atoms with Gasteiger partial charge < -0.3 is 14.8 Å². The summed E-state index contributed by atoms with van der Waals surface area (Å²) in [7, 11) is 0. The Morgan fingerprint density at radius 3 is 2.57 bits per heavy atom. The van der Waals surface area contributed by atoms with Crippen molar-refractivity contribution in [3.63, 3.8) is 0 Å². The molecule has 8 nitrogen and oxygen atoms in total. The van der Waals surface area contributed by atoms with Gasteiger partial charge in [0.25, 0.3) is 5.91 Å². The fourth-order valence-electron chi connectivity index (χ4n) is 2.36. The number of ether oxygens (including phenoxy) is 2. The standard InChI is InChI=1S/C20H21N5O3/c1-3-27-19-10-16(11-23-25-13-21-22-14-25)6-9-18(19)28-12-20(26)24-17-7-4-15(2)5-8-17/h4-11,13-14H,3,12H2,1-2H3,(H,24,26)/b23-11-. The van der Waals surface area contributed by atoms with Crippen LogP contribution in [-0.2, 0) is 4.79 Å². The van der Waals surface area contributed by atoms with Gasteiger partial charge in [-0.2, -0.15) is 5.10 Å². The molecule has 0 aliphatic carbocycles. The Morgan fingerprint density at radius 2 is 1.86 bits per heavy atom. The summed E-state index contributed by atoms with van der Waals surface area (Å²) in [6.07, 6.45) is 4.63. The Kier molecular flexibility index (Phi) is 6.35. The zero-order chi connectivity index (χ0) is 19.8. The molecular weight excluding hydrogens is 358 g/mol. The van der Waals surface area contributed by atoms with E-state index < -0.39 is 0 Å². The highest BCUT2D eigenvalue weighted by atomic mass is 16.5. The highest BCUT2D eigenvalue weighted by Gasteiger charge is 2.09. The van der Waals surface area contributed by atoms with Crippen LogP contribution in [0, 0.1) is 6.92 Å². The fourth-order valence-corrected chi connectivity index (χ4v) is 2.36. The van der Waals surface area contributed by atoms with Crippen LogP contribution in [0.3, 0.4) is 0 Å². The molecule has 0 saturated carbocycles. The molecule has 144 valence electrons. The van der Waals surface area contributed by atoms with Crippen molar-refractivity contribution in [1.82, 2.24) is 14.9 Å². The largest absolute Gasteiger partial charge is 0.490 e. The smallest absolute Gasteiger partial charge is 0.262 e. The van der Waals surface area contributed by atoms with E-state index in [4.69, 9.17) is 9.47 Å². The first-order valence-electron chi connectivity index (χ1n) is 8.79. The quantitative estimate of drug-likeness (QED) is 0.608. The molecule has 2 aromatic carbocycles. The molecule has 0 atom stereocenters. The van der Waals surface area contributed by atoms with Crippen molar-refractivity contribution in [1.29, 1.82) is 0 Å². The predicted molar refractivity (Wildman–Crippen MR) is 106 cm³/mol. The lowest BCUT2D eigenvalue weighted by molar-refractivity contribution is -0.118. The van der Waals surface area contributed by atoms with E-state index in [-0.39, 0.29) is 12.5 Å². The Balaban J connectivity index is 1.63. The van der Waals surface area contributed by atoms with E-state index in [0.29, 0.717) is 18.1 Å². The summed E-state index contributed by atoms with van der Waals surface area (Å²) >= 11 is 0. The third-order valence-electron chi connectivity index (χ3n) is 3.71. The summed E-state index contributed by atoms with van der Waals surface area (Å²) in [6, 6.07) is 12.9. The molecule has 8 heteroatoms. The van der Waals surface area contributed by atoms with Gasteiger partial charge in [-0.15, -0.1) is 10.2 Å². The van der Waals surface area contributed by atoms with Crippen molar-refractivity contribution in [3.8, 4) is 11.5 Å². The number of nitrogens with zero attached hydrogens (tertiary/aromatic N) is 4.